The summed E-state index contributed by atoms with van der Waals surface area (Å²) in [6, 6.07) is 3.06. The number of pyridine rings is 1. The van der Waals surface area contributed by atoms with Gasteiger partial charge in [-0.25, -0.2) is 9.97 Å². The highest BCUT2D eigenvalue weighted by Crippen LogP contribution is 2.19. The molecule has 7 heteroatoms. The zero-order valence-corrected chi connectivity index (χ0v) is 13.2. The van der Waals surface area contributed by atoms with Gasteiger partial charge in [0.05, 0.1) is 0 Å². The van der Waals surface area contributed by atoms with Crippen molar-refractivity contribution in [3.63, 3.8) is 0 Å². The number of hydrogen-bond acceptors (Lipinski definition) is 5. The molecule has 1 aliphatic heterocycles. The van der Waals surface area contributed by atoms with Gasteiger partial charge in [0, 0.05) is 19.3 Å². The van der Waals surface area contributed by atoms with Gasteiger partial charge in [-0.15, -0.1) is 0 Å². The molecule has 2 amide bonds. The molecule has 6 nitrogen and oxygen atoms in total. The van der Waals surface area contributed by atoms with Crippen LogP contribution in [0.3, 0.4) is 0 Å². The molecule has 0 bridgehead atoms. The van der Waals surface area contributed by atoms with Crippen LogP contribution in [0.15, 0.2) is 18.3 Å². The summed E-state index contributed by atoms with van der Waals surface area (Å²) in [5.74, 6) is -0.340. The van der Waals surface area contributed by atoms with Crippen LogP contribution in [0.5, 0.6) is 0 Å². The number of piperidine rings is 1. The second-order valence-electron chi connectivity index (χ2n) is 5.43. The van der Waals surface area contributed by atoms with Gasteiger partial charge in [0.1, 0.15) is 16.4 Å². The first-order valence-electron chi connectivity index (χ1n) is 7.46. The van der Waals surface area contributed by atoms with Gasteiger partial charge in [-0.2, -0.15) is 0 Å². The summed E-state index contributed by atoms with van der Waals surface area (Å²) in [5.41, 5.74) is 0.702. The van der Waals surface area contributed by atoms with E-state index in [2.05, 4.69) is 15.3 Å². The third-order valence-corrected chi connectivity index (χ3v) is 4.72. The maximum atomic E-state index is 12.3. The topological polar surface area (TPSA) is 75.2 Å². The van der Waals surface area contributed by atoms with Crippen molar-refractivity contribution >= 4 is 33.5 Å². The number of carbonyl (C=O) groups is 2. The summed E-state index contributed by atoms with van der Waals surface area (Å²) >= 11 is 1.24. The second-order valence-corrected chi connectivity index (χ2v) is 6.41. The maximum Gasteiger partial charge on any atom is 0.280 e. The first-order chi connectivity index (χ1) is 10.6. The average Bonchev–Trinajstić information content (AvgIpc) is 2.99. The predicted octanol–water partition coefficient (Wildman–Crippen LogP) is 1.82. The normalized spacial score (nSPS) is 16.5. The number of rotatable bonds is 3. The molecule has 1 unspecified atom stereocenters. The Hall–Kier alpha value is -2.02. The summed E-state index contributed by atoms with van der Waals surface area (Å²) in [6.45, 7) is 3.29. The molecule has 1 aliphatic rings. The highest BCUT2D eigenvalue weighted by Gasteiger charge is 2.24. The molecular formula is C15H18N4O2S. The molecule has 116 valence electrons. The lowest BCUT2D eigenvalue weighted by Gasteiger charge is -2.29. The van der Waals surface area contributed by atoms with Crippen molar-refractivity contribution in [2.45, 2.75) is 32.2 Å². The molecule has 2 aromatic heterocycles. The number of carbonyl (C=O) groups excluding carboxylic acids is 2. The number of fused-ring (bicyclic) bond motifs is 1. The average molecular weight is 318 g/mol. The van der Waals surface area contributed by atoms with Gasteiger partial charge in [0.15, 0.2) is 5.01 Å². The second kappa shape index (κ2) is 6.39. The van der Waals surface area contributed by atoms with E-state index < -0.39 is 6.04 Å². The first kappa shape index (κ1) is 14.9. The van der Waals surface area contributed by atoms with E-state index in [4.69, 9.17) is 0 Å². The standard InChI is InChI=1S/C15H18N4O2S/c1-10(15(21)19-8-3-2-4-9-19)17-12(20)14-18-11-6-5-7-16-13(11)22-14/h5-7,10H,2-4,8-9H2,1H3,(H,17,20). The van der Waals surface area contributed by atoms with Crippen molar-refractivity contribution in [3.05, 3.63) is 23.3 Å². The van der Waals surface area contributed by atoms with Crippen LogP contribution in [0.1, 0.15) is 36.0 Å². The van der Waals surface area contributed by atoms with Gasteiger partial charge in [0.25, 0.3) is 5.91 Å². The Balaban J connectivity index is 1.66. The van der Waals surface area contributed by atoms with Crippen molar-refractivity contribution in [3.8, 4) is 0 Å². The summed E-state index contributed by atoms with van der Waals surface area (Å²) in [5, 5.41) is 3.08. The highest BCUT2D eigenvalue weighted by molar-refractivity contribution is 7.19. The van der Waals surface area contributed by atoms with Gasteiger partial charge in [-0.3, -0.25) is 9.59 Å². The third kappa shape index (κ3) is 3.09. The molecule has 0 spiro atoms. The van der Waals surface area contributed by atoms with Gasteiger partial charge in [-0.05, 0) is 38.3 Å². The van der Waals surface area contributed by atoms with E-state index in [0.29, 0.717) is 10.5 Å². The molecule has 1 saturated heterocycles. The minimum atomic E-state index is -0.537. The Morgan fingerprint density at radius 1 is 1.32 bits per heavy atom. The summed E-state index contributed by atoms with van der Waals surface area (Å²) in [7, 11) is 0. The number of hydrogen-bond donors (Lipinski definition) is 1. The molecule has 0 radical (unpaired) electrons. The monoisotopic (exact) mass is 318 g/mol. The van der Waals surface area contributed by atoms with E-state index in [-0.39, 0.29) is 11.8 Å². The Labute approximate surface area is 132 Å². The van der Waals surface area contributed by atoms with Crippen LogP contribution in [-0.4, -0.2) is 45.8 Å². The van der Waals surface area contributed by atoms with Crippen LogP contribution in [0.4, 0.5) is 0 Å². The molecule has 22 heavy (non-hydrogen) atoms. The van der Waals surface area contributed by atoms with Crippen LogP contribution in [0, 0.1) is 0 Å². The number of aromatic nitrogens is 2. The lowest BCUT2D eigenvalue weighted by Crippen LogP contribution is -2.48. The van der Waals surface area contributed by atoms with Crippen LogP contribution in [-0.2, 0) is 4.79 Å². The van der Waals surface area contributed by atoms with Gasteiger partial charge in [0.2, 0.25) is 5.91 Å². The van der Waals surface area contributed by atoms with Crippen LogP contribution < -0.4 is 5.32 Å². The summed E-state index contributed by atoms with van der Waals surface area (Å²) in [6.07, 6.45) is 4.92. The molecule has 0 aromatic carbocycles. The smallest absolute Gasteiger partial charge is 0.280 e. The van der Waals surface area contributed by atoms with E-state index in [1.165, 1.54) is 17.8 Å². The fourth-order valence-electron chi connectivity index (χ4n) is 2.58. The molecule has 1 fully saturated rings. The van der Waals surface area contributed by atoms with Crippen molar-refractivity contribution in [1.82, 2.24) is 20.2 Å². The molecule has 1 N–H and O–H groups in total. The Morgan fingerprint density at radius 2 is 2.09 bits per heavy atom. The lowest BCUT2D eigenvalue weighted by atomic mass is 10.1. The fourth-order valence-corrected chi connectivity index (χ4v) is 3.39. The van der Waals surface area contributed by atoms with Crippen LogP contribution >= 0.6 is 11.3 Å². The van der Waals surface area contributed by atoms with Crippen molar-refractivity contribution in [2.75, 3.05) is 13.1 Å². The number of nitrogens with zero attached hydrogens (tertiary/aromatic N) is 3. The Kier molecular flexibility index (Phi) is 4.33. The Bertz CT molecular complexity index is 661. The fraction of sp³-hybridized carbons (Fsp3) is 0.467. The molecule has 0 saturated carbocycles. The van der Waals surface area contributed by atoms with Gasteiger partial charge in [-0.1, -0.05) is 11.3 Å². The van der Waals surface area contributed by atoms with E-state index in [9.17, 15) is 9.59 Å². The van der Waals surface area contributed by atoms with Crippen LogP contribution in [0.25, 0.3) is 10.3 Å². The molecular weight excluding hydrogens is 300 g/mol. The van der Waals surface area contributed by atoms with Gasteiger partial charge < -0.3 is 10.2 Å². The Morgan fingerprint density at radius 3 is 2.82 bits per heavy atom. The number of amides is 2. The summed E-state index contributed by atoms with van der Waals surface area (Å²) in [4.78, 5) is 35.6. The number of nitrogens with one attached hydrogen (secondary N) is 1. The van der Waals surface area contributed by atoms with E-state index >= 15 is 0 Å². The predicted molar refractivity (Wildman–Crippen MR) is 84.8 cm³/mol. The molecule has 1 atom stereocenters. The first-order valence-corrected chi connectivity index (χ1v) is 8.28. The summed E-state index contributed by atoms with van der Waals surface area (Å²) < 4.78 is 0. The molecule has 0 aliphatic carbocycles. The lowest BCUT2D eigenvalue weighted by molar-refractivity contribution is -0.133. The maximum absolute atomic E-state index is 12.3. The minimum absolute atomic E-state index is 0.0210. The highest BCUT2D eigenvalue weighted by atomic mass is 32.1. The van der Waals surface area contributed by atoms with E-state index in [1.807, 2.05) is 11.0 Å². The van der Waals surface area contributed by atoms with Crippen molar-refractivity contribution in [2.24, 2.45) is 0 Å². The van der Waals surface area contributed by atoms with E-state index in [0.717, 1.165) is 30.8 Å². The molecule has 3 rings (SSSR count). The molecule has 3 heterocycles. The van der Waals surface area contributed by atoms with E-state index in [1.54, 1.807) is 19.2 Å². The molecule has 2 aromatic rings. The SMILES string of the molecule is CC(NC(=O)c1nc2cccnc2s1)C(=O)N1CCCCC1. The van der Waals surface area contributed by atoms with Crippen molar-refractivity contribution in [1.29, 1.82) is 0 Å². The zero-order chi connectivity index (χ0) is 15.5. The third-order valence-electron chi connectivity index (χ3n) is 3.75. The van der Waals surface area contributed by atoms with Crippen LogP contribution in [0.2, 0.25) is 0 Å². The number of likely N-dealkylation sites (tertiary alicyclic amines) is 1. The quantitative estimate of drug-likeness (QED) is 0.937. The van der Waals surface area contributed by atoms with Gasteiger partial charge >= 0.3 is 0 Å². The van der Waals surface area contributed by atoms with Crippen molar-refractivity contribution < 1.29 is 9.59 Å². The minimum Gasteiger partial charge on any atom is -0.341 e. The number of thiazole rings is 1. The largest absolute Gasteiger partial charge is 0.341 e. The zero-order valence-electron chi connectivity index (χ0n) is 12.4.